The molecule has 4 N–H and O–H groups in total. The van der Waals surface area contributed by atoms with Gasteiger partial charge in [-0.25, -0.2) is 15.0 Å². The summed E-state index contributed by atoms with van der Waals surface area (Å²) in [5.41, 5.74) is 13.6. The third-order valence-electron chi connectivity index (χ3n) is 5.96. The molecule has 5 rings (SSSR count). The van der Waals surface area contributed by atoms with Crippen molar-refractivity contribution >= 4 is 46.9 Å². The van der Waals surface area contributed by atoms with Crippen molar-refractivity contribution in [2.24, 2.45) is 7.05 Å². The standard InChI is InChI=1S/C11H17BN2O2.C11H9ClN6/c1-10(2)11(3,4)16-12(15-10)8-5-6-9(13)14-7-8;1-18-10-7(5-15-18)9(16-11(12)17-10)6-2-3-8(13)14-4-6/h5-7H,1-4H3,(H2,13,14);2-5H,1H3,(H2,13,14). The zero-order chi connectivity index (χ0) is 24.7. The minimum Gasteiger partial charge on any atom is -0.399 e. The molecule has 0 atom stereocenters. The summed E-state index contributed by atoms with van der Waals surface area (Å²) in [4.78, 5) is 16.5. The van der Waals surface area contributed by atoms with Gasteiger partial charge in [0.1, 0.15) is 11.6 Å². The van der Waals surface area contributed by atoms with Crippen molar-refractivity contribution in [3.8, 4) is 11.3 Å². The van der Waals surface area contributed by atoms with Gasteiger partial charge in [-0.05, 0) is 57.5 Å². The Morgan fingerprint density at radius 1 is 0.882 bits per heavy atom. The highest BCUT2D eigenvalue weighted by atomic mass is 35.5. The fourth-order valence-electron chi connectivity index (χ4n) is 3.30. The Morgan fingerprint density at radius 2 is 1.50 bits per heavy atom. The third-order valence-corrected chi connectivity index (χ3v) is 6.13. The Morgan fingerprint density at radius 3 is 2.06 bits per heavy atom. The predicted molar refractivity (Wildman–Crippen MR) is 133 cm³/mol. The van der Waals surface area contributed by atoms with E-state index in [2.05, 4.69) is 25.0 Å². The summed E-state index contributed by atoms with van der Waals surface area (Å²) in [5.74, 6) is 0.960. The first-order chi connectivity index (χ1) is 16.0. The molecule has 10 nitrogen and oxygen atoms in total. The molecule has 0 bridgehead atoms. The van der Waals surface area contributed by atoms with E-state index in [0.29, 0.717) is 23.0 Å². The largest absolute Gasteiger partial charge is 0.496 e. The van der Waals surface area contributed by atoms with Crippen LogP contribution in [-0.4, -0.2) is 48.0 Å². The minimum absolute atomic E-state index is 0.179. The van der Waals surface area contributed by atoms with E-state index in [0.717, 1.165) is 16.4 Å². The van der Waals surface area contributed by atoms with Crippen molar-refractivity contribution in [1.29, 1.82) is 0 Å². The van der Waals surface area contributed by atoms with Gasteiger partial charge in [0, 0.05) is 30.5 Å². The number of fused-ring (bicyclic) bond motifs is 1. The molecule has 1 aliphatic rings. The molecule has 0 radical (unpaired) electrons. The number of aryl methyl sites for hydroxylation is 1. The van der Waals surface area contributed by atoms with E-state index in [1.165, 1.54) is 0 Å². The van der Waals surface area contributed by atoms with Crippen LogP contribution in [0.5, 0.6) is 0 Å². The Labute approximate surface area is 202 Å². The number of rotatable bonds is 2. The highest BCUT2D eigenvalue weighted by Crippen LogP contribution is 2.36. The maximum absolute atomic E-state index is 5.93. The molecule has 1 aliphatic heterocycles. The molecule has 12 heteroatoms. The quantitative estimate of drug-likeness (QED) is 0.327. The lowest BCUT2D eigenvalue weighted by molar-refractivity contribution is 0.00578. The topological polar surface area (TPSA) is 140 Å². The molecule has 5 heterocycles. The van der Waals surface area contributed by atoms with Crippen LogP contribution in [0, 0.1) is 0 Å². The summed E-state index contributed by atoms with van der Waals surface area (Å²) in [6.45, 7) is 8.10. The van der Waals surface area contributed by atoms with Gasteiger partial charge >= 0.3 is 7.12 Å². The van der Waals surface area contributed by atoms with Gasteiger partial charge in [-0.15, -0.1) is 0 Å². The number of hydrogen-bond acceptors (Lipinski definition) is 9. The van der Waals surface area contributed by atoms with Crippen molar-refractivity contribution in [3.63, 3.8) is 0 Å². The molecule has 0 spiro atoms. The normalized spacial score (nSPS) is 16.4. The van der Waals surface area contributed by atoms with E-state index >= 15 is 0 Å². The van der Waals surface area contributed by atoms with Crippen LogP contribution in [0.15, 0.2) is 42.9 Å². The maximum Gasteiger partial charge on any atom is 0.496 e. The van der Waals surface area contributed by atoms with E-state index < -0.39 is 0 Å². The highest BCUT2D eigenvalue weighted by molar-refractivity contribution is 6.62. The van der Waals surface area contributed by atoms with E-state index in [-0.39, 0.29) is 23.6 Å². The van der Waals surface area contributed by atoms with Gasteiger partial charge in [-0.1, -0.05) is 6.07 Å². The molecule has 1 saturated heterocycles. The second-order valence-corrected chi connectivity index (χ2v) is 9.26. The van der Waals surface area contributed by atoms with E-state index in [1.54, 1.807) is 42.5 Å². The van der Waals surface area contributed by atoms with E-state index in [4.69, 9.17) is 32.4 Å². The number of nitrogens with two attached hydrogens (primary N) is 2. The molecule has 0 unspecified atom stereocenters. The van der Waals surface area contributed by atoms with Crippen LogP contribution in [0.3, 0.4) is 0 Å². The van der Waals surface area contributed by atoms with Gasteiger partial charge in [0.25, 0.3) is 0 Å². The fourth-order valence-corrected chi connectivity index (χ4v) is 3.46. The van der Waals surface area contributed by atoms with Crippen LogP contribution < -0.4 is 16.9 Å². The minimum atomic E-state index is -0.363. The number of nitrogen functional groups attached to an aromatic ring is 2. The van der Waals surface area contributed by atoms with Crippen molar-refractivity contribution in [2.45, 2.75) is 38.9 Å². The molecule has 0 amide bonds. The summed E-state index contributed by atoms with van der Waals surface area (Å²) in [5, 5.41) is 5.16. The van der Waals surface area contributed by atoms with Gasteiger partial charge in [-0.3, -0.25) is 4.68 Å². The maximum atomic E-state index is 5.93. The summed E-state index contributed by atoms with van der Waals surface area (Å²) >= 11 is 5.93. The van der Waals surface area contributed by atoms with Crippen LogP contribution in [0.2, 0.25) is 5.28 Å². The summed E-state index contributed by atoms with van der Waals surface area (Å²) in [6.07, 6.45) is 5.05. The van der Waals surface area contributed by atoms with Crippen LogP contribution in [0.1, 0.15) is 27.7 Å². The second kappa shape index (κ2) is 8.82. The number of pyridine rings is 2. The van der Waals surface area contributed by atoms with Crippen LogP contribution >= 0.6 is 11.6 Å². The molecule has 34 heavy (non-hydrogen) atoms. The average molecular weight is 481 g/mol. The number of hydrogen-bond donors (Lipinski definition) is 2. The fraction of sp³-hybridized carbons (Fsp3) is 0.318. The van der Waals surface area contributed by atoms with Crippen molar-refractivity contribution < 1.29 is 9.31 Å². The lowest BCUT2D eigenvalue weighted by Crippen LogP contribution is -2.41. The second-order valence-electron chi connectivity index (χ2n) is 8.92. The van der Waals surface area contributed by atoms with Gasteiger partial charge in [0.05, 0.1) is 28.5 Å². The Kier molecular flexibility index (Phi) is 6.19. The first-order valence-electron chi connectivity index (χ1n) is 10.6. The third kappa shape index (κ3) is 4.67. The molecule has 0 aliphatic carbocycles. The zero-order valence-electron chi connectivity index (χ0n) is 19.7. The average Bonchev–Trinajstić information content (AvgIpc) is 3.24. The van der Waals surface area contributed by atoms with Crippen LogP contribution in [-0.2, 0) is 16.4 Å². The first kappa shape index (κ1) is 23.9. The summed E-state index contributed by atoms with van der Waals surface area (Å²) < 4.78 is 13.4. The Hall–Kier alpha value is -3.28. The lowest BCUT2D eigenvalue weighted by atomic mass is 9.80. The molecule has 176 valence electrons. The molecule has 1 fully saturated rings. The molecular formula is C22H26BClN8O2. The lowest BCUT2D eigenvalue weighted by Gasteiger charge is -2.32. The van der Waals surface area contributed by atoms with Crippen molar-refractivity contribution in [1.82, 2.24) is 29.7 Å². The van der Waals surface area contributed by atoms with Gasteiger partial charge in [0.2, 0.25) is 5.28 Å². The monoisotopic (exact) mass is 480 g/mol. The number of halogens is 1. The number of aromatic nitrogens is 6. The summed E-state index contributed by atoms with van der Waals surface area (Å²) in [6, 6.07) is 7.19. The van der Waals surface area contributed by atoms with Crippen molar-refractivity contribution in [3.05, 3.63) is 48.1 Å². The smallest absolute Gasteiger partial charge is 0.399 e. The highest BCUT2D eigenvalue weighted by Gasteiger charge is 2.51. The Balaban J connectivity index is 0.000000162. The molecular weight excluding hydrogens is 455 g/mol. The van der Waals surface area contributed by atoms with Gasteiger partial charge in [-0.2, -0.15) is 10.1 Å². The first-order valence-corrected chi connectivity index (χ1v) is 11.0. The van der Waals surface area contributed by atoms with E-state index in [1.807, 2.05) is 39.8 Å². The van der Waals surface area contributed by atoms with E-state index in [9.17, 15) is 0 Å². The number of anilines is 2. The van der Waals surface area contributed by atoms with Gasteiger partial charge < -0.3 is 20.8 Å². The zero-order valence-corrected chi connectivity index (χ0v) is 20.4. The van der Waals surface area contributed by atoms with Crippen LogP contribution in [0.4, 0.5) is 11.6 Å². The number of nitrogens with zero attached hydrogens (tertiary/aromatic N) is 6. The SMILES string of the molecule is CC1(C)OB(c2ccc(N)nc2)OC1(C)C.Cn1ncc2c(-c3ccc(N)nc3)nc(Cl)nc21. The predicted octanol–water partition coefficient (Wildman–Crippen LogP) is 2.62. The Bertz CT molecular complexity index is 1290. The molecule has 0 aromatic carbocycles. The summed E-state index contributed by atoms with van der Waals surface area (Å²) in [7, 11) is 1.44. The molecule has 4 aromatic heterocycles. The van der Waals surface area contributed by atoms with Gasteiger partial charge in [0.15, 0.2) is 5.65 Å². The molecule has 4 aromatic rings. The van der Waals surface area contributed by atoms with Crippen LogP contribution in [0.25, 0.3) is 22.3 Å². The molecule has 0 saturated carbocycles. The van der Waals surface area contributed by atoms with Crippen molar-refractivity contribution in [2.75, 3.05) is 11.5 Å².